The van der Waals surface area contributed by atoms with Gasteiger partial charge in [0, 0.05) is 55.6 Å². The quantitative estimate of drug-likeness (QED) is 0.542. The van der Waals surface area contributed by atoms with Crippen molar-refractivity contribution in [2.24, 2.45) is 10.8 Å². The van der Waals surface area contributed by atoms with Crippen LogP contribution in [-0.4, -0.2) is 61.4 Å². The van der Waals surface area contributed by atoms with Gasteiger partial charge in [0.1, 0.15) is 11.9 Å². The topological polar surface area (TPSA) is 100 Å². The molecule has 194 valence electrons. The Morgan fingerprint density at radius 3 is 2.44 bits per heavy atom. The Labute approximate surface area is 212 Å². The fourth-order valence-corrected chi connectivity index (χ4v) is 4.07. The number of ether oxygens (including phenoxy) is 1. The molecular formula is C24H27ClF3N5O3. The predicted molar refractivity (Wildman–Crippen MR) is 132 cm³/mol. The number of morpholine rings is 1. The zero-order chi connectivity index (χ0) is 24.9. The third-order valence-electron chi connectivity index (χ3n) is 5.91. The number of carbonyl (C=O) groups is 2. The molecule has 8 nitrogen and oxygen atoms in total. The molecule has 0 spiro atoms. The molecule has 1 unspecified atom stereocenters. The van der Waals surface area contributed by atoms with Gasteiger partial charge in [0.25, 0.3) is 0 Å². The lowest BCUT2D eigenvalue weighted by atomic mass is 10.0. The summed E-state index contributed by atoms with van der Waals surface area (Å²) in [5.74, 6) is -4.37. The average Bonchev–Trinajstić information content (AvgIpc) is 3.34. The Hall–Kier alpha value is -3.15. The van der Waals surface area contributed by atoms with E-state index in [4.69, 9.17) is 10.5 Å². The first kappa shape index (κ1) is 27.4. The number of hydrazone groups is 1. The van der Waals surface area contributed by atoms with Crippen LogP contribution in [0.1, 0.15) is 18.4 Å². The van der Waals surface area contributed by atoms with Crippen molar-refractivity contribution in [3.05, 3.63) is 59.4 Å². The molecule has 2 amide bonds. The van der Waals surface area contributed by atoms with Crippen LogP contribution >= 0.6 is 12.4 Å². The molecule has 3 N–H and O–H groups in total. The lowest BCUT2D eigenvalue weighted by Gasteiger charge is -2.29. The van der Waals surface area contributed by atoms with Crippen molar-refractivity contribution in [1.82, 2.24) is 5.01 Å². The molecule has 2 aromatic rings. The molecule has 2 heterocycles. The number of nitrogens with one attached hydrogen (secondary N) is 1. The standard InChI is InChI=1S/C24H26F3N5O3.ClH/c25-19-14-21(27)20(26)12-15(19)11-16(28)13-23(33)32-22(5-6-29-32)24(34)30-17-1-3-18(4-2-17)31-7-9-35-10-8-31;/h1-4,6,12,14,16,22H,5,7-11,13,28H2,(H,30,34);1H/t16-,22?;/m1./s1. The van der Waals surface area contributed by atoms with Crippen LogP contribution in [0.5, 0.6) is 0 Å². The van der Waals surface area contributed by atoms with Crippen LogP contribution in [0, 0.1) is 17.5 Å². The SMILES string of the molecule is Cl.N[C@@H](CC(=O)N1N=CCC1C(=O)Nc1ccc(N2CCOCC2)cc1)Cc1cc(F)c(F)cc1F. The van der Waals surface area contributed by atoms with Gasteiger partial charge in [-0.1, -0.05) is 0 Å². The summed E-state index contributed by atoms with van der Waals surface area (Å²) in [4.78, 5) is 27.8. The Kier molecular flexibility index (Phi) is 9.30. The average molecular weight is 526 g/mol. The summed E-state index contributed by atoms with van der Waals surface area (Å²) in [5, 5.41) is 7.85. The van der Waals surface area contributed by atoms with Crippen molar-refractivity contribution in [2.75, 3.05) is 36.5 Å². The lowest BCUT2D eigenvalue weighted by molar-refractivity contribution is -0.137. The number of halogens is 4. The summed E-state index contributed by atoms with van der Waals surface area (Å²) >= 11 is 0. The van der Waals surface area contributed by atoms with E-state index < -0.39 is 41.3 Å². The van der Waals surface area contributed by atoms with E-state index in [9.17, 15) is 22.8 Å². The second kappa shape index (κ2) is 12.2. The van der Waals surface area contributed by atoms with Gasteiger partial charge in [-0.15, -0.1) is 12.4 Å². The first-order valence-corrected chi connectivity index (χ1v) is 11.3. The van der Waals surface area contributed by atoms with Gasteiger partial charge in [0.2, 0.25) is 11.8 Å². The molecule has 0 radical (unpaired) electrons. The van der Waals surface area contributed by atoms with E-state index in [0.29, 0.717) is 25.0 Å². The summed E-state index contributed by atoms with van der Waals surface area (Å²) in [7, 11) is 0. The van der Waals surface area contributed by atoms with E-state index in [1.165, 1.54) is 6.21 Å². The number of carbonyl (C=O) groups excluding carboxylic acids is 2. The Morgan fingerprint density at radius 1 is 1.08 bits per heavy atom. The number of rotatable bonds is 7. The highest BCUT2D eigenvalue weighted by Gasteiger charge is 2.33. The Morgan fingerprint density at radius 2 is 1.75 bits per heavy atom. The molecule has 36 heavy (non-hydrogen) atoms. The van der Waals surface area contributed by atoms with Gasteiger partial charge in [-0.05, 0) is 42.3 Å². The molecule has 1 saturated heterocycles. The van der Waals surface area contributed by atoms with Crippen LogP contribution in [0.3, 0.4) is 0 Å². The van der Waals surface area contributed by atoms with Gasteiger partial charge in [0.05, 0.1) is 13.2 Å². The number of anilines is 2. The Bertz CT molecular complexity index is 1110. The minimum atomic E-state index is -1.30. The predicted octanol–water partition coefficient (Wildman–Crippen LogP) is 2.85. The zero-order valence-electron chi connectivity index (χ0n) is 19.3. The van der Waals surface area contributed by atoms with E-state index in [0.717, 1.165) is 29.9 Å². The zero-order valence-corrected chi connectivity index (χ0v) is 20.1. The van der Waals surface area contributed by atoms with Crippen molar-refractivity contribution < 1.29 is 27.5 Å². The molecule has 4 rings (SSSR count). The van der Waals surface area contributed by atoms with E-state index >= 15 is 0 Å². The van der Waals surface area contributed by atoms with Gasteiger partial charge in [-0.2, -0.15) is 5.10 Å². The largest absolute Gasteiger partial charge is 0.378 e. The molecular weight excluding hydrogens is 499 g/mol. The number of nitrogens with zero attached hydrogens (tertiary/aromatic N) is 3. The monoisotopic (exact) mass is 525 g/mol. The number of benzene rings is 2. The van der Waals surface area contributed by atoms with E-state index in [2.05, 4.69) is 15.3 Å². The van der Waals surface area contributed by atoms with Crippen LogP contribution in [0.25, 0.3) is 0 Å². The molecule has 2 aromatic carbocycles. The maximum Gasteiger partial charge on any atom is 0.249 e. The number of hydrogen-bond acceptors (Lipinski definition) is 6. The summed E-state index contributed by atoms with van der Waals surface area (Å²) < 4.78 is 45.8. The summed E-state index contributed by atoms with van der Waals surface area (Å²) in [6, 6.07) is 6.83. The van der Waals surface area contributed by atoms with Crippen LogP contribution in [-0.2, 0) is 20.7 Å². The third kappa shape index (κ3) is 6.54. The second-order valence-corrected chi connectivity index (χ2v) is 8.45. The maximum absolute atomic E-state index is 13.9. The van der Waals surface area contributed by atoms with Crippen molar-refractivity contribution in [3.63, 3.8) is 0 Å². The minimum absolute atomic E-state index is 0. The summed E-state index contributed by atoms with van der Waals surface area (Å²) in [6.45, 7) is 2.94. The number of hydrogen-bond donors (Lipinski definition) is 2. The number of amides is 2. The van der Waals surface area contributed by atoms with Crippen LogP contribution in [0.4, 0.5) is 24.5 Å². The van der Waals surface area contributed by atoms with Crippen molar-refractivity contribution in [1.29, 1.82) is 0 Å². The molecule has 1 fully saturated rings. The minimum Gasteiger partial charge on any atom is -0.378 e. The van der Waals surface area contributed by atoms with E-state index in [1.807, 2.05) is 12.1 Å². The highest BCUT2D eigenvalue weighted by atomic mass is 35.5. The highest BCUT2D eigenvalue weighted by molar-refractivity contribution is 5.99. The molecule has 0 saturated carbocycles. The van der Waals surface area contributed by atoms with Gasteiger partial charge in [-0.3, -0.25) is 9.59 Å². The molecule has 2 aliphatic heterocycles. The fourth-order valence-electron chi connectivity index (χ4n) is 4.07. The van der Waals surface area contributed by atoms with Crippen molar-refractivity contribution in [3.8, 4) is 0 Å². The third-order valence-corrected chi connectivity index (χ3v) is 5.91. The van der Waals surface area contributed by atoms with E-state index in [-0.39, 0.29) is 37.2 Å². The highest BCUT2D eigenvalue weighted by Crippen LogP contribution is 2.22. The summed E-state index contributed by atoms with van der Waals surface area (Å²) in [6.07, 6.45) is 1.26. The molecule has 12 heteroatoms. The molecule has 0 bridgehead atoms. The van der Waals surface area contributed by atoms with Crippen LogP contribution in [0.2, 0.25) is 0 Å². The molecule has 0 aromatic heterocycles. The van der Waals surface area contributed by atoms with E-state index in [1.54, 1.807) is 12.1 Å². The van der Waals surface area contributed by atoms with Crippen molar-refractivity contribution >= 4 is 41.8 Å². The van der Waals surface area contributed by atoms with Gasteiger partial charge in [-0.25, -0.2) is 18.2 Å². The normalized spacial score (nSPS) is 18.1. The lowest BCUT2D eigenvalue weighted by Crippen LogP contribution is -2.43. The second-order valence-electron chi connectivity index (χ2n) is 8.45. The maximum atomic E-state index is 13.9. The molecule has 2 atom stereocenters. The van der Waals surface area contributed by atoms with Gasteiger partial charge >= 0.3 is 0 Å². The molecule has 0 aliphatic carbocycles. The van der Waals surface area contributed by atoms with Gasteiger partial charge in [0.15, 0.2) is 11.6 Å². The first-order valence-electron chi connectivity index (χ1n) is 11.3. The summed E-state index contributed by atoms with van der Waals surface area (Å²) in [5.41, 5.74) is 7.43. The first-order chi connectivity index (χ1) is 16.8. The van der Waals surface area contributed by atoms with Gasteiger partial charge < -0.3 is 20.7 Å². The smallest absolute Gasteiger partial charge is 0.249 e. The molecule has 2 aliphatic rings. The number of nitrogens with two attached hydrogens (primary N) is 1. The Balaban J connectivity index is 0.00000361. The van der Waals surface area contributed by atoms with Crippen molar-refractivity contribution in [2.45, 2.75) is 31.3 Å². The fraction of sp³-hybridized carbons (Fsp3) is 0.375. The van der Waals surface area contributed by atoms with Crippen LogP contribution < -0.4 is 16.0 Å². The van der Waals surface area contributed by atoms with Crippen LogP contribution in [0.15, 0.2) is 41.5 Å².